The van der Waals surface area contributed by atoms with Crippen molar-refractivity contribution >= 4 is 23.4 Å². The second kappa shape index (κ2) is 5.53. The Morgan fingerprint density at radius 3 is 2.92 bits per heavy atom. The summed E-state index contributed by atoms with van der Waals surface area (Å²) in [5.74, 6) is 1.76. The number of aliphatic hydroxyl groups excluding tert-OH is 1. The summed E-state index contributed by atoms with van der Waals surface area (Å²) in [6.45, 7) is 2.08. The Kier molecular flexibility index (Phi) is 4.64. The predicted molar refractivity (Wildman–Crippen MR) is 59.4 cm³/mol. The number of aliphatic hydroxyl groups is 1. The number of thioether (sulfide) groups is 1. The summed E-state index contributed by atoms with van der Waals surface area (Å²) in [4.78, 5) is 0. The van der Waals surface area contributed by atoms with E-state index in [1.165, 1.54) is 0 Å². The van der Waals surface area contributed by atoms with Crippen LogP contribution >= 0.6 is 23.4 Å². The molecular formula is C10H13ClOS. The van der Waals surface area contributed by atoms with Gasteiger partial charge in [0.2, 0.25) is 0 Å². The summed E-state index contributed by atoms with van der Waals surface area (Å²) < 4.78 is 0. The molecule has 72 valence electrons. The highest BCUT2D eigenvalue weighted by Gasteiger charge is 2.06. The molecule has 0 aromatic heterocycles. The van der Waals surface area contributed by atoms with Gasteiger partial charge < -0.3 is 5.11 Å². The van der Waals surface area contributed by atoms with Crippen LogP contribution in [0.2, 0.25) is 5.02 Å². The Bertz CT molecular complexity index is 265. The van der Waals surface area contributed by atoms with E-state index in [2.05, 4.69) is 6.92 Å². The SMILES string of the molecule is CCSCC(O)c1cccc(Cl)c1. The van der Waals surface area contributed by atoms with Crippen LogP contribution in [-0.4, -0.2) is 16.6 Å². The van der Waals surface area contributed by atoms with Crippen molar-refractivity contribution in [2.24, 2.45) is 0 Å². The van der Waals surface area contributed by atoms with E-state index < -0.39 is 6.10 Å². The normalized spacial score (nSPS) is 12.8. The van der Waals surface area contributed by atoms with E-state index >= 15 is 0 Å². The third-order valence-corrected chi connectivity index (χ3v) is 2.91. The molecule has 0 saturated carbocycles. The van der Waals surface area contributed by atoms with Crippen LogP contribution in [0.3, 0.4) is 0 Å². The molecule has 1 atom stereocenters. The predicted octanol–water partition coefficient (Wildman–Crippen LogP) is 3.13. The molecule has 0 fully saturated rings. The number of hydrogen-bond acceptors (Lipinski definition) is 2. The van der Waals surface area contributed by atoms with Gasteiger partial charge in [-0.3, -0.25) is 0 Å². The Morgan fingerprint density at radius 1 is 1.54 bits per heavy atom. The Balaban J connectivity index is 2.60. The molecular weight excluding hydrogens is 204 g/mol. The monoisotopic (exact) mass is 216 g/mol. The quantitative estimate of drug-likeness (QED) is 0.835. The summed E-state index contributed by atoms with van der Waals surface area (Å²) in [5.41, 5.74) is 0.897. The van der Waals surface area contributed by atoms with Crippen molar-refractivity contribution in [3.05, 3.63) is 34.9 Å². The topological polar surface area (TPSA) is 20.2 Å². The number of hydrogen-bond donors (Lipinski definition) is 1. The molecule has 0 saturated heterocycles. The van der Waals surface area contributed by atoms with Crippen LogP contribution in [0.15, 0.2) is 24.3 Å². The molecule has 0 bridgehead atoms. The van der Waals surface area contributed by atoms with Gasteiger partial charge in [0.25, 0.3) is 0 Å². The molecule has 1 N–H and O–H groups in total. The molecule has 0 aliphatic heterocycles. The van der Waals surface area contributed by atoms with Gasteiger partial charge in [-0.2, -0.15) is 11.8 Å². The van der Waals surface area contributed by atoms with Gasteiger partial charge in [0.15, 0.2) is 0 Å². The average molecular weight is 217 g/mol. The molecule has 0 amide bonds. The van der Waals surface area contributed by atoms with Crippen molar-refractivity contribution in [1.82, 2.24) is 0 Å². The minimum atomic E-state index is -0.399. The van der Waals surface area contributed by atoms with E-state index in [1.807, 2.05) is 24.3 Å². The molecule has 0 spiro atoms. The maximum absolute atomic E-state index is 9.70. The minimum absolute atomic E-state index is 0.399. The van der Waals surface area contributed by atoms with Gasteiger partial charge in [0.1, 0.15) is 0 Å². The van der Waals surface area contributed by atoms with Crippen molar-refractivity contribution in [1.29, 1.82) is 0 Å². The van der Waals surface area contributed by atoms with E-state index in [4.69, 9.17) is 11.6 Å². The first-order valence-corrected chi connectivity index (χ1v) is 5.78. The molecule has 0 radical (unpaired) electrons. The maximum Gasteiger partial charge on any atom is 0.0880 e. The fraction of sp³-hybridized carbons (Fsp3) is 0.400. The van der Waals surface area contributed by atoms with Gasteiger partial charge in [0.05, 0.1) is 6.10 Å². The van der Waals surface area contributed by atoms with Gasteiger partial charge in [0, 0.05) is 10.8 Å². The lowest BCUT2D eigenvalue weighted by Gasteiger charge is -2.09. The van der Waals surface area contributed by atoms with Crippen molar-refractivity contribution < 1.29 is 5.11 Å². The number of halogens is 1. The second-order valence-electron chi connectivity index (χ2n) is 2.73. The lowest BCUT2D eigenvalue weighted by Crippen LogP contribution is -2.00. The molecule has 1 nitrogen and oxygen atoms in total. The van der Waals surface area contributed by atoms with Crippen LogP contribution in [0.4, 0.5) is 0 Å². The molecule has 3 heteroatoms. The number of benzene rings is 1. The second-order valence-corrected chi connectivity index (χ2v) is 4.49. The first-order valence-electron chi connectivity index (χ1n) is 4.25. The maximum atomic E-state index is 9.70. The third-order valence-electron chi connectivity index (χ3n) is 1.71. The molecule has 1 aromatic rings. The zero-order valence-electron chi connectivity index (χ0n) is 7.53. The van der Waals surface area contributed by atoms with Gasteiger partial charge in [-0.1, -0.05) is 30.7 Å². The van der Waals surface area contributed by atoms with Crippen molar-refractivity contribution in [3.8, 4) is 0 Å². The summed E-state index contributed by atoms with van der Waals surface area (Å²) >= 11 is 7.53. The Hall–Kier alpha value is -0.180. The molecule has 1 rings (SSSR count). The van der Waals surface area contributed by atoms with Crippen molar-refractivity contribution in [2.45, 2.75) is 13.0 Å². The smallest absolute Gasteiger partial charge is 0.0880 e. The first-order chi connectivity index (χ1) is 6.24. The zero-order valence-corrected chi connectivity index (χ0v) is 9.11. The van der Waals surface area contributed by atoms with E-state index in [-0.39, 0.29) is 0 Å². The van der Waals surface area contributed by atoms with E-state index in [9.17, 15) is 5.11 Å². The molecule has 0 heterocycles. The lowest BCUT2D eigenvalue weighted by atomic mass is 10.1. The highest BCUT2D eigenvalue weighted by molar-refractivity contribution is 7.99. The summed E-state index contributed by atoms with van der Waals surface area (Å²) in [5, 5.41) is 10.4. The molecule has 1 unspecified atom stereocenters. The van der Waals surface area contributed by atoms with Crippen LogP contribution in [0.1, 0.15) is 18.6 Å². The Labute approximate surface area is 88.1 Å². The molecule has 1 aromatic carbocycles. The molecule has 0 aliphatic carbocycles. The highest BCUT2D eigenvalue weighted by atomic mass is 35.5. The fourth-order valence-electron chi connectivity index (χ4n) is 1.04. The fourth-order valence-corrected chi connectivity index (χ4v) is 1.89. The summed E-state index contributed by atoms with van der Waals surface area (Å²) in [7, 11) is 0. The highest BCUT2D eigenvalue weighted by Crippen LogP contribution is 2.20. The standard InChI is InChI=1S/C10H13ClOS/c1-2-13-7-10(12)8-4-3-5-9(11)6-8/h3-6,10,12H,2,7H2,1H3. The van der Waals surface area contributed by atoms with Crippen LogP contribution in [0.25, 0.3) is 0 Å². The largest absolute Gasteiger partial charge is 0.388 e. The molecule has 0 aliphatic rings. The van der Waals surface area contributed by atoms with Crippen molar-refractivity contribution in [2.75, 3.05) is 11.5 Å². The molecule has 13 heavy (non-hydrogen) atoms. The Morgan fingerprint density at radius 2 is 2.31 bits per heavy atom. The summed E-state index contributed by atoms with van der Waals surface area (Å²) in [6, 6.07) is 7.37. The van der Waals surface area contributed by atoms with Crippen molar-refractivity contribution in [3.63, 3.8) is 0 Å². The third kappa shape index (κ3) is 3.59. The average Bonchev–Trinajstić information content (AvgIpc) is 2.14. The van der Waals surface area contributed by atoms with E-state index in [0.29, 0.717) is 5.02 Å². The minimum Gasteiger partial charge on any atom is -0.388 e. The van der Waals surface area contributed by atoms with E-state index in [1.54, 1.807) is 11.8 Å². The van der Waals surface area contributed by atoms with Gasteiger partial charge in [-0.05, 0) is 23.4 Å². The van der Waals surface area contributed by atoms with Gasteiger partial charge in [-0.25, -0.2) is 0 Å². The van der Waals surface area contributed by atoms with Crippen LogP contribution in [0.5, 0.6) is 0 Å². The number of rotatable bonds is 4. The summed E-state index contributed by atoms with van der Waals surface area (Å²) in [6.07, 6.45) is -0.399. The van der Waals surface area contributed by atoms with Crippen LogP contribution < -0.4 is 0 Å². The van der Waals surface area contributed by atoms with Crippen LogP contribution in [-0.2, 0) is 0 Å². The first kappa shape index (κ1) is 10.9. The van der Waals surface area contributed by atoms with Gasteiger partial charge >= 0.3 is 0 Å². The zero-order chi connectivity index (χ0) is 9.68. The van der Waals surface area contributed by atoms with E-state index in [0.717, 1.165) is 17.1 Å². The lowest BCUT2D eigenvalue weighted by molar-refractivity contribution is 0.204. The van der Waals surface area contributed by atoms with Gasteiger partial charge in [-0.15, -0.1) is 0 Å². The van der Waals surface area contributed by atoms with Crippen LogP contribution in [0, 0.1) is 0 Å².